The molecule has 1 aromatic carbocycles. The molecule has 0 fully saturated rings. The van der Waals surface area contributed by atoms with Crippen molar-refractivity contribution in [2.24, 2.45) is 0 Å². The van der Waals surface area contributed by atoms with Crippen LogP contribution < -0.4 is 18.5 Å². The summed E-state index contributed by atoms with van der Waals surface area (Å²) >= 11 is 0. The second-order valence-corrected chi connectivity index (χ2v) is 9.56. The molecule has 10 heteroatoms. The molecular weight excluding hydrogens is 368 g/mol. The predicted octanol–water partition coefficient (Wildman–Crippen LogP) is 0.943. The Morgan fingerprint density at radius 3 is 2.44 bits per heavy atom. The number of rotatable bonds is 9. The van der Waals surface area contributed by atoms with Gasteiger partial charge in [-0.05, 0) is 18.6 Å². The Bertz CT molecular complexity index is 792. The lowest BCUT2D eigenvalue weighted by Crippen LogP contribution is -2.38. The van der Waals surface area contributed by atoms with Gasteiger partial charge < -0.3 is 9.47 Å². The highest BCUT2D eigenvalue weighted by molar-refractivity contribution is 7.92. The molecule has 1 aromatic rings. The molecule has 0 spiro atoms. The number of nitrogens with one attached hydrogen (secondary N) is 1. The first-order valence-corrected chi connectivity index (χ1v) is 11.6. The van der Waals surface area contributed by atoms with Gasteiger partial charge in [-0.3, -0.25) is 4.31 Å². The maximum absolute atomic E-state index is 12.1. The quantitative estimate of drug-likeness (QED) is 0.671. The number of unbranched alkanes of at least 4 members (excludes halogenated alkanes) is 1. The molecule has 1 aliphatic heterocycles. The largest absolute Gasteiger partial charge is 0.486 e. The van der Waals surface area contributed by atoms with Gasteiger partial charge in [0.1, 0.15) is 13.2 Å². The van der Waals surface area contributed by atoms with Gasteiger partial charge in [-0.1, -0.05) is 13.3 Å². The molecule has 25 heavy (non-hydrogen) atoms. The van der Waals surface area contributed by atoms with Crippen molar-refractivity contribution in [3.05, 3.63) is 18.2 Å². The van der Waals surface area contributed by atoms with E-state index in [1.54, 1.807) is 18.2 Å². The van der Waals surface area contributed by atoms with Crippen LogP contribution in [0.25, 0.3) is 0 Å². The summed E-state index contributed by atoms with van der Waals surface area (Å²) in [6.45, 7) is 2.73. The molecule has 2 rings (SSSR count). The van der Waals surface area contributed by atoms with Crippen LogP contribution in [0.3, 0.4) is 0 Å². The lowest BCUT2D eigenvalue weighted by Gasteiger charge is -2.25. The average Bonchev–Trinajstić information content (AvgIpc) is 2.55. The summed E-state index contributed by atoms with van der Waals surface area (Å²) in [6, 6.07) is 4.84. The summed E-state index contributed by atoms with van der Waals surface area (Å²) in [7, 11) is -6.97. The molecule has 0 bridgehead atoms. The smallest absolute Gasteiger partial charge is 0.232 e. The maximum atomic E-state index is 12.1. The van der Waals surface area contributed by atoms with E-state index in [0.29, 0.717) is 36.8 Å². The van der Waals surface area contributed by atoms with Crippen molar-refractivity contribution in [1.29, 1.82) is 0 Å². The molecule has 0 aliphatic carbocycles. The topological polar surface area (TPSA) is 102 Å². The third kappa shape index (κ3) is 5.75. The van der Waals surface area contributed by atoms with Gasteiger partial charge >= 0.3 is 0 Å². The van der Waals surface area contributed by atoms with Crippen molar-refractivity contribution >= 4 is 25.7 Å². The standard InChI is InChI=1S/C15H24N2O6S2/c1-3-4-11-25(20,21)16-7-8-17(24(2,18)19)13-5-6-14-15(12-13)23-10-9-22-14/h5-6,12,16H,3-4,7-11H2,1-2H3. The van der Waals surface area contributed by atoms with Gasteiger partial charge in [-0.25, -0.2) is 21.6 Å². The summed E-state index contributed by atoms with van der Waals surface area (Å²) in [5.74, 6) is 1.07. The van der Waals surface area contributed by atoms with E-state index in [2.05, 4.69) is 4.72 Å². The van der Waals surface area contributed by atoms with Crippen LogP contribution in [-0.4, -0.2) is 55.1 Å². The highest BCUT2D eigenvalue weighted by Crippen LogP contribution is 2.34. The van der Waals surface area contributed by atoms with Gasteiger partial charge in [0.05, 0.1) is 17.7 Å². The van der Waals surface area contributed by atoms with E-state index >= 15 is 0 Å². The Morgan fingerprint density at radius 2 is 1.80 bits per heavy atom. The van der Waals surface area contributed by atoms with E-state index in [-0.39, 0.29) is 18.8 Å². The molecule has 142 valence electrons. The first kappa shape index (κ1) is 19.8. The molecule has 0 radical (unpaired) electrons. The molecular formula is C15H24N2O6S2. The van der Waals surface area contributed by atoms with Crippen LogP contribution in [0.15, 0.2) is 18.2 Å². The van der Waals surface area contributed by atoms with Crippen molar-refractivity contribution in [2.45, 2.75) is 19.8 Å². The molecule has 8 nitrogen and oxygen atoms in total. The Kier molecular flexibility index (Phi) is 6.53. The fourth-order valence-corrected chi connectivity index (χ4v) is 4.52. The van der Waals surface area contributed by atoms with Crippen LogP contribution in [-0.2, 0) is 20.0 Å². The fourth-order valence-electron chi connectivity index (χ4n) is 2.38. The van der Waals surface area contributed by atoms with E-state index in [1.165, 1.54) is 0 Å². The van der Waals surface area contributed by atoms with Gasteiger partial charge in [0.2, 0.25) is 20.0 Å². The number of sulfonamides is 2. The SMILES string of the molecule is CCCCS(=O)(=O)NCCN(c1ccc2c(c1)OCCO2)S(C)(=O)=O. The van der Waals surface area contributed by atoms with Gasteiger partial charge in [-0.2, -0.15) is 0 Å². The van der Waals surface area contributed by atoms with Crippen molar-refractivity contribution in [2.75, 3.05) is 42.6 Å². The maximum Gasteiger partial charge on any atom is 0.232 e. The number of anilines is 1. The van der Waals surface area contributed by atoms with Crippen LogP contribution in [0.5, 0.6) is 11.5 Å². The van der Waals surface area contributed by atoms with Gasteiger partial charge in [0.15, 0.2) is 11.5 Å². The normalized spacial score (nSPS) is 14.3. The number of fused-ring (bicyclic) bond motifs is 1. The van der Waals surface area contributed by atoms with E-state index in [9.17, 15) is 16.8 Å². The average molecular weight is 392 g/mol. The molecule has 0 saturated heterocycles. The third-order valence-electron chi connectivity index (χ3n) is 3.62. The molecule has 1 heterocycles. The van der Waals surface area contributed by atoms with Crippen LogP contribution in [0.4, 0.5) is 5.69 Å². The Morgan fingerprint density at radius 1 is 1.12 bits per heavy atom. The second kappa shape index (κ2) is 8.24. The summed E-state index contributed by atoms with van der Waals surface area (Å²) < 4.78 is 62.4. The van der Waals surface area contributed by atoms with Crippen molar-refractivity contribution < 1.29 is 26.3 Å². The van der Waals surface area contributed by atoms with Gasteiger partial charge in [0, 0.05) is 19.2 Å². The predicted molar refractivity (Wildman–Crippen MR) is 96.3 cm³/mol. The number of nitrogens with zero attached hydrogens (tertiary/aromatic N) is 1. The lowest BCUT2D eigenvalue weighted by atomic mass is 10.2. The van der Waals surface area contributed by atoms with E-state index in [1.807, 2.05) is 6.92 Å². The Labute approximate surface area is 149 Å². The summed E-state index contributed by atoms with van der Waals surface area (Å²) in [5.41, 5.74) is 0.402. The summed E-state index contributed by atoms with van der Waals surface area (Å²) in [6.07, 6.45) is 2.41. The Hall–Kier alpha value is -1.52. The van der Waals surface area contributed by atoms with Gasteiger partial charge in [0.25, 0.3) is 0 Å². The molecule has 1 N–H and O–H groups in total. The zero-order valence-corrected chi connectivity index (χ0v) is 16.0. The minimum Gasteiger partial charge on any atom is -0.486 e. The number of benzene rings is 1. The first-order valence-electron chi connectivity index (χ1n) is 8.07. The van der Waals surface area contributed by atoms with E-state index < -0.39 is 20.0 Å². The van der Waals surface area contributed by atoms with Crippen molar-refractivity contribution in [1.82, 2.24) is 4.72 Å². The monoisotopic (exact) mass is 392 g/mol. The van der Waals surface area contributed by atoms with Crippen LogP contribution in [0.1, 0.15) is 19.8 Å². The molecule has 0 saturated carbocycles. The van der Waals surface area contributed by atoms with Crippen molar-refractivity contribution in [3.63, 3.8) is 0 Å². The fraction of sp³-hybridized carbons (Fsp3) is 0.600. The van der Waals surface area contributed by atoms with Crippen LogP contribution in [0, 0.1) is 0 Å². The van der Waals surface area contributed by atoms with Crippen molar-refractivity contribution in [3.8, 4) is 11.5 Å². The van der Waals surface area contributed by atoms with Crippen LogP contribution in [0.2, 0.25) is 0 Å². The second-order valence-electron chi connectivity index (χ2n) is 5.73. The zero-order chi connectivity index (χ0) is 18.5. The minimum absolute atomic E-state index is 0.00639. The molecule has 1 aliphatic rings. The van der Waals surface area contributed by atoms with E-state index in [0.717, 1.165) is 17.0 Å². The molecule has 0 atom stereocenters. The molecule has 0 unspecified atom stereocenters. The molecule has 0 amide bonds. The summed E-state index contributed by atoms with van der Waals surface area (Å²) in [5, 5.41) is 0. The molecule has 0 aromatic heterocycles. The summed E-state index contributed by atoms with van der Waals surface area (Å²) in [4.78, 5) is 0. The minimum atomic E-state index is -3.58. The van der Waals surface area contributed by atoms with Gasteiger partial charge in [-0.15, -0.1) is 0 Å². The third-order valence-corrected chi connectivity index (χ3v) is 6.28. The van der Waals surface area contributed by atoms with Crippen LogP contribution >= 0.6 is 0 Å². The zero-order valence-electron chi connectivity index (χ0n) is 14.4. The number of hydrogen-bond donors (Lipinski definition) is 1. The Balaban J connectivity index is 2.10. The number of ether oxygens (including phenoxy) is 2. The van der Waals surface area contributed by atoms with E-state index in [4.69, 9.17) is 9.47 Å². The first-order chi connectivity index (χ1) is 11.7. The highest BCUT2D eigenvalue weighted by atomic mass is 32.2. The number of hydrogen-bond acceptors (Lipinski definition) is 6. The highest BCUT2D eigenvalue weighted by Gasteiger charge is 2.21. The lowest BCUT2D eigenvalue weighted by molar-refractivity contribution is 0.171.